The minimum Gasteiger partial charge on any atom is -0.490 e. The molecule has 32 heavy (non-hydrogen) atoms. The molecule has 1 amide bonds. The first-order valence-corrected chi connectivity index (χ1v) is 11.4. The number of nitrogens with one attached hydrogen (secondary N) is 1. The molecule has 2 aliphatic heterocycles. The summed E-state index contributed by atoms with van der Waals surface area (Å²) in [5.74, 6) is 0.212. The minimum atomic E-state index is -0.868. The summed E-state index contributed by atoms with van der Waals surface area (Å²) in [6.07, 6.45) is 2.07. The van der Waals surface area contributed by atoms with Gasteiger partial charge in [-0.05, 0) is 48.6 Å². The lowest BCUT2D eigenvalue weighted by molar-refractivity contribution is -0.116. The summed E-state index contributed by atoms with van der Waals surface area (Å²) in [6, 6.07) is 12.8. The van der Waals surface area contributed by atoms with Crippen LogP contribution in [0.1, 0.15) is 42.9 Å². The third-order valence-corrected chi connectivity index (χ3v) is 7.03. The highest BCUT2D eigenvalue weighted by atomic mass is 19.1. The smallest absolute Gasteiger partial charge is 0.224 e. The maximum atomic E-state index is 14.6. The number of aliphatic hydroxyl groups excluding tert-OH is 1. The van der Waals surface area contributed by atoms with Gasteiger partial charge in [-0.3, -0.25) is 9.69 Å². The first kappa shape index (κ1) is 21.4. The van der Waals surface area contributed by atoms with Crippen LogP contribution in [0.2, 0.25) is 0 Å². The molecule has 0 radical (unpaired) electrons. The van der Waals surface area contributed by atoms with Gasteiger partial charge < -0.3 is 20.3 Å². The van der Waals surface area contributed by atoms with Crippen molar-refractivity contribution in [2.24, 2.45) is 5.92 Å². The molecule has 170 valence electrons. The highest BCUT2D eigenvalue weighted by molar-refractivity contribution is 5.92. The van der Waals surface area contributed by atoms with E-state index in [1.54, 1.807) is 6.07 Å². The second kappa shape index (κ2) is 8.46. The molecule has 2 aromatic carbocycles. The van der Waals surface area contributed by atoms with Crippen LogP contribution in [0.3, 0.4) is 0 Å². The lowest BCUT2D eigenvalue weighted by Crippen LogP contribution is -2.36. The second-order valence-electron chi connectivity index (χ2n) is 9.44. The maximum Gasteiger partial charge on any atom is 0.224 e. The molecule has 0 unspecified atom stereocenters. The normalized spacial score (nSPS) is 28.5. The Hall–Kier alpha value is -2.48. The van der Waals surface area contributed by atoms with Crippen LogP contribution < -0.4 is 10.1 Å². The second-order valence-corrected chi connectivity index (χ2v) is 9.44. The number of amides is 1. The van der Waals surface area contributed by atoms with E-state index >= 15 is 0 Å². The number of fused-ring (bicyclic) bond motifs is 2. The number of nitrogens with zero attached hydrogens (tertiary/aromatic N) is 1. The van der Waals surface area contributed by atoms with Gasteiger partial charge in [0.1, 0.15) is 17.7 Å². The van der Waals surface area contributed by atoms with Crippen molar-refractivity contribution in [3.8, 4) is 5.75 Å². The highest BCUT2D eigenvalue weighted by Gasteiger charge is 2.52. The third-order valence-electron chi connectivity index (χ3n) is 7.03. The number of carbonyl (C=O) groups is 1. The Labute approximate surface area is 187 Å². The molecular formula is C25H29FN2O4. The van der Waals surface area contributed by atoms with E-state index in [1.807, 2.05) is 30.3 Å². The molecule has 2 aromatic rings. The number of rotatable bonds is 5. The number of likely N-dealkylation sites (tertiary alicyclic amines) is 1. The summed E-state index contributed by atoms with van der Waals surface area (Å²) in [5, 5.41) is 24.6. The number of ether oxygens (including phenoxy) is 1. The van der Waals surface area contributed by atoms with E-state index in [1.165, 1.54) is 6.07 Å². The quantitative estimate of drug-likeness (QED) is 0.666. The molecule has 1 saturated carbocycles. The Kier molecular flexibility index (Phi) is 5.65. The van der Waals surface area contributed by atoms with Crippen molar-refractivity contribution in [3.63, 3.8) is 0 Å². The van der Waals surface area contributed by atoms with Crippen LogP contribution in [0.5, 0.6) is 5.75 Å². The van der Waals surface area contributed by atoms with Crippen LogP contribution in [0.15, 0.2) is 42.5 Å². The third kappa shape index (κ3) is 4.25. The number of para-hydroxylation sites is 1. The maximum absolute atomic E-state index is 14.6. The molecule has 5 rings (SSSR count). The average molecular weight is 441 g/mol. The Bertz CT molecular complexity index is 1000. The Morgan fingerprint density at radius 1 is 1.25 bits per heavy atom. The highest BCUT2D eigenvalue weighted by Crippen LogP contribution is 2.43. The Morgan fingerprint density at radius 3 is 2.84 bits per heavy atom. The van der Waals surface area contributed by atoms with E-state index in [0.717, 1.165) is 17.7 Å². The fourth-order valence-corrected chi connectivity index (χ4v) is 5.51. The van der Waals surface area contributed by atoms with Gasteiger partial charge in [0.2, 0.25) is 5.91 Å². The van der Waals surface area contributed by atoms with Crippen LogP contribution >= 0.6 is 0 Å². The van der Waals surface area contributed by atoms with E-state index in [2.05, 4.69) is 10.2 Å². The molecule has 1 aliphatic carbocycles. The Morgan fingerprint density at radius 2 is 2.06 bits per heavy atom. The van der Waals surface area contributed by atoms with Gasteiger partial charge >= 0.3 is 0 Å². The molecule has 2 heterocycles. The van der Waals surface area contributed by atoms with Gasteiger partial charge in [-0.25, -0.2) is 4.39 Å². The van der Waals surface area contributed by atoms with Gasteiger partial charge in [0.05, 0.1) is 17.4 Å². The SMILES string of the molecule is O=C1CCCc2cc([C@@H](O)CN3C[C@H]4C[C@H](Oc5ccccc5)C[C@@]4(O)C3)cc(F)c2N1. The van der Waals surface area contributed by atoms with Crippen molar-refractivity contribution in [2.75, 3.05) is 25.0 Å². The van der Waals surface area contributed by atoms with Gasteiger partial charge in [0, 0.05) is 38.4 Å². The number of hydrogen-bond donors (Lipinski definition) is 3. The van der Waals surface area contributed by atoms with Crippen LogP contribution in [0.25, 0.3) is 0 Å². The molecule has 3 N–H and O–H groups in total. The van der Waals surface area contributed by atoms with Gasteiger partial charge in [-0.15, -0.1) is 0 Å². The standard InChI is InChI=1S/C25H29FN2O4/c26-21-10-17(9-16-5-4-8-23(30)27-24(16)21)22(29)14-28-13-18-11-20(12-25(18,31)15-28)32-19-6-2-1-3-7-19/h1-3,6-7,9-10,18,20,22,29,31H,4-5,8,11-15H2,(H,27,30)/t18-,20+,22+,25-/m1/s1. The van der Waals surface area contributed by atoms with E-state index in [9.17, 15) is 19.4 Å². The van der Waals surface area contributed by atoms with E-state index in [4.69, 9.17) is 4.74 Å². The zero-order valence-electron chi connectivity index (χ0n) is 18.0. The summed E-state index contributed by atoms with van der Waals surface area (Å²) in [5.41, 5.74) is 0.634. The number of benzene rings is 2. The van der Waals surface area contributed by atoms with E-state index in [-0.39, 0.29) is 23.6 Å². The number of hydrogen-bond acceptors (Lipinski definition) is 5. The molecule has 0 spiro atoms. The summed E-state index contributed by atoms with van der Waals surface area (Å²) in [4.78, 5) is 13.8. The lowest BCUT2D eigenvalue weighted by atomic mass is 9.95. The van der Waals surface area contributed by atoms with E-state index < -0.39 is 17.5 Å². The van der Waals surface area contributed by atoms with Crippen LogP contribution in [-0.4, -0.2) is 52.4 Å². The predicted octanol–water partition coefficient (Wildman–Crippen LogP) is 3.04. The van der Waals surface area contributed by atoms with Crippen molar-refractivity contribution in [1.29, 1.82) is 0 Å². The molecule has 0 bridgehead atoms. The number of halogens is 1. The van der Waals surface area contributed by atoms with Gasteiger partial charge in [0.15, 0.2) is 0 Å². The lowest BCUT2D eigenvalue weighted by Gasteiger charge is -2.25. The van der Waals surface area contributed by atoms with Crippen molar-refractivity contribution in [2.45, 2.75) is 49.9 Å². The van der Waals surface area contributed by atoms with Crippen LogP contribution in [0, 0.1) is 11.7 Å². The van der Waals surface area contributed by atoms with Crippen molar-refractivity contribution in [1.82, 2.24) is 4.90 Å². The number of aryl methyl sites for hydroxylation is 1. The van der Waals surface area contributed by atoms with Crippen molar-refractivity contribution in [3.05, 3.63) is 59.4 Å². The topological polar surface area (TPSA) is 82.0 Å². The van der Waals surface area contributed by atoms with Gasteiger partial charge in [-0.1, -0.05) is 24.3 Å². The van der Waals surface area contributed by atoms with Crippen LogP contribution in [0.4, 0.5) is 10.1 Å². The number of β-amino-alcohol motifs (C(OH)–C–C–N with tert-alkyl or cyclic N) is 2. The first-order valence-electron chi connectivity index (χ1n) is 11.4. The van der Waals surface area contributed by atoms with Crippen LogP contribution in [-0.2, 0) is 11.2 Å². The summed E-state index contributed by atoms with van der Waals surface area (Å²) in [7, 11) is 0. The Balaban J connectivity index is 1.22. The monoisotopic (exact) mass is 440 g/mol. The van der Waals surface area contributed by atoms with Crippen molar-refractivity contribution < 1.29 is 24.1 Å². The zero-order valence-corrected chi connectivity index (χ0v) is 18.0. The summed E-state index contributed by atoms with van der Waals surface area (Å²) >= 11 is 0. The molecular weight excluding hydrogens is 411 g/mol. The minimum absolute atomic E-state index is 0.0200. The number of aliphatic hydroxyl groups is 2. The molecule has 1 saturated heterocycles. The summed E-state index contributed by atoms with van der Waals surface area (Å²) < 4.78 is 20.7. The molecule has 2 fully saturated rings. The molecule has 3 aliphatic rings. The largest absolute Gasteiger partial charge is 0.490 e. The molecule has 7 heteroatoms. The van der Waals surface area contributed by atoms with Gasteiger partial charge in [-0.2, -0.15) is 0 Å². The van der Waals surface area contributed by atoms with Gasteiger partial charge in [0.25, 0.3) is 0 Å². The number of anilines is 1. The average Bonchev–Trinajstić information content (AvgIpc) is 3.11. The summed E-state index contributed by atoms with van der Waals surface area (Å²) in [6.45, 7) is 1.46. The fraction of sp³-hybridized carbons (Fsp3) is 0.480. The molecule has 4 atom stereocenters. The fourth-order valence-electron chi connectivity index (χ4n) is 5.51. The van der Waals surface area contributed by atoms with Crippen molar-refractivity contribution >= 4 is 11.6 Å². The zero-order chi connectivity index (χ0) is 22.3. The molecule has 6 nitrogen and oxygen atoms in total. The first-order chi connectivity index (χ1) is 15.4. The molecule has 0 aromatic heterocycles. The predicted molar refractivity (Wildman–Crippen MR) is 118 cm³/mol. The number of carbonyl (C=O) groups excluding carboxylic acids is 1. The van der Waals surface area contributed by atoms with E-state index in [0.29, 0.717) is 50.9 Å².